The highest BCUT2D eigenvalue weighted by atomic mass is 32.2. The lowest BCUT2D eigenvalue weighted by Gasteiger charge is -2.38. The van der Waals surface area contributed by atoms with E-state index >= 15 is 0 Å². The molecule has 2 fully saturated rings. The Labute approximate surface area is 243 Å². The quantitative estimate of drug-likeness (QED) is 0.258. The molecular weight excluding hydrogens is 591 g/mol. The molecule has 228 valence electrons. The maximum Gasteiger partial charge on any atom is 0.248 e. The fraction of sp³-hybridized carbons (Fsp3) is 0.444. The molecule has 2 aromatic carbocycles. The van der Waals surface area contributed by atoms with Gasteiger partial charge in [0.25, 0.3) is 0 Å². The third-order valence-corrected chi connectivity index (χ3v) is 11.0. The Hall–Kier alpha value is -2.92. The molecule has 0 radical (unpaired) electrons. The normalized spacial score (nSPS) is 20.2. The van der Waals surface area contributed by atoms with Gasteiger partial charge in [0.05, 0.1) is 28.8 Å². The summed E-state index contributed by atoms with van der Waals surface area (Å²) in [5.74, 6) is -0.680. The molecule has 4 N–H and O–H groups in total. The number of fused-ring (bicyclic) bond motifs is 1. The Kier molecular flexibility index (Phi) is 8.72. The molecular formula is C27H33FN4O8S2. The lowest BCUT2D eigenvalue weighted by atomic mass is 9.88. The summed E-state index contributed by atoms with van der Waals surface area (Å²) >= 11 is 0. The van der Waals surface area contributed by atoms with Crippen molar-refractivity contribution in [3.8, 4) is 11.5 Å². The molecule has 0 bridgehead atoms. The van der Waals surface area contributed by atoms with Crippen molar-refractivity contribution < 1.29 is 40.9 Å². The van der Waals surface area contributed by atoms with Crippen LogP contribution in [0.15, 0.2) is 58.5 Å². The predicted molar refractivity (Wildman–Crippen MR) is 151 cm³/mol. The Balaban J connectivity index is 1.12. The van der Waals surface area contributed by atoms with E-state index in [1.165, 1.54) is 29.6 Å². The summed E-state index contributed by atoms with van der Waals surface area (Å²) in [4.78, 5) is 3.77. The van der Waals surface area contributed by atoms with Gasteiger partial charge in [-0.05, 0) is 50.6 Å². The van der Waals surface area contributed by atoms with Crippen molar-refractivity contribution in [1.29, 1.82) is 0 Å². The minimum absolute atomic E-state index is 0.0486. The summed E-state index contributed by atoms with van der Waals surface area (Å²) < 4.78 is 79.4. The number of benzene rings is 2. The zero-order chi connectivity index (χ0) is 30.1. The molecule has 3 aromatic rings. The highest BCUT2D eigenvalue weighted by molar-refractivity contribution is 7.89. The molecule has 12 nitrogen and oxygen atoms in total. The Morgan fingerprint density at radius 2 is 1.95 bits per heavy atom. The van der Waals surface area contributed by atoms with Crippen molar-refractivity contribution >= 4 is 30.9 Å². The molecule has 2 aliphatic heterocycles. The maximum absolute atomic E-state index is 13.5. The lowest BCUT2D eigenvalue weighted by Crippen LogP contribution is -2.47. The number of hydrogen-bond acceptors (Lipinski definition) is 10. The number of halogens is 1. The Morgan fingerprint density at radius 3 is 2.69 bits per heavy atom. The maximum atomic E-state index is 13.5. The first-order chi connectivity index (χ1) is 19.9. The molecule has 1 spiro atoms. The van der Waals surface area contributed by atoms with E-state index in [0.29, 0.717) is 31.6 Å². The molecule has 2 aliphatic rings. The number of aliphatic hydroxyl groups excluding tert-OH is 1. The second-order valence-corrected chi connectivity index (χ2v) is 14.3. The van der Waals surface area contributed by atoms with Gasteiger partial charge in [-0.3, -0.25) is 4.98 Å². The molecule has 0 saturated carbocycles. The van der Waals surface area contributed by atoms with Crippen LogP contribution in [0.2, 0.25) is 0 Å². The highest BCUT2D eigenvalue weighted by Gasteiger charge is 2.45. The van der Waals surface area contributed by atoms with Gasteiger partial charge < -0.3 is 25.0 Å². The minimum atomic E-state index is -4.05. The van der Waals surface area contributed by atoms with Crippen LogP contribution in [0.1, 0.15) is 19.3 Å². The van der Waals surface area contributed by atoms with Gasteiger partial charge in [0.1, 0.15) is 34.9 Å². The third kappa shape index (κ3) is 6.37. The number of nitrogens with one attached hydrogen (secondary N) is 2. The van der Waals surface area contributed by atoms with Gasteiger partial charge in [0.2, 0.25) is 20.0 Å². The van der Waals surface area contributed by atoms with Gasteiger partial charge in [-0.25, -0.2) is 25.9 Å². The van der Waals surface area contributed by atoms with Gasteiger partial charge >= 0.3 is 0 Å². The molecule has 15 heteroatoms. The first-order valence-electron chi connectivity index (χ1n) is 13.4. The predicted octanol–water partition coefficient (Wildman–Crippen LogP) is 1.33. The second-order valence-electron chi connectivity index (χ2n) is 10.5. The van der Waals surface area contributed by atoms with E-state index in [2.05, 4.69) is 15.0 Å². The van der Waals surface area contributed by atoms with Crippen molar-refractivity contribution in [2.24, 2.45) is 0 Å². The fourth-order valence-corrected chi connectivity index (χ4v) is 7.57. The number of nitrogens with zero attached hydrogens (tertiary/aromatic N) is 2. The number of sulfonamides is 2. The van der Waals surface area contributed by atoms with Crippen molar-refractivity contribution in [3.63, 3.8) is 0 Å². The van der Waals surface area contributed by atoms with Gasteiger partial charge in [0.15, 0.2) is 0 Å². The molecule has 0 aliphatic carbocycles. The molecule has 3 heterocycles. The number of aromatic nitrogens is 1. The molecule has 0 amide bonds. The van der Waals surface area contributed by atoms with Crippen LogP contribution in [0.25, 0.3) is 10.9 Å². The van der Waals surface area contributed by atoms with Crippen LogP contribution in [0.3, 0.4) is 0 Å². The molecule has 5 rings (SSSR count). The number of ether oxygens (including phenoxy) is 2. The van der Waals surface area contributed by atoms with Crippen molar-refractivity contribution in [2.75, 3.05) is 39.9 Å². The smallest absolute Gasteiger partial charge is 0.248 e. The first-order valence-corrected chi connectivity index (χ1v) is 16.3. The lowest BCUT2D eigenvalue weighted by molar-refractivity contribution is -0.0312. The molecule has 42 heavy (non-hydrogen) atoms. The van der Waals surface area contributed by atoms with E-state index < -0.39 is 43.3 Å². The van der Waals surface area contributed by atoms with Gasteiger partial charge in [-0.1, -0.05) is 6.07 Å². The Bertz CT molecular complexity index is 1660. The van der Waals surface area contributed by atoms with E-state index in [1.54, 1.807) is 12.1 Å². The summed E-state index contributed by atoms with van der Waals surface area (Å²) in [6.45, 7) is 0.948. The van der Waals surface area contributed by atoms with Crippen LogP contribution in [-0.2, 0) is 24.8 Å². The number of piperidine rings is 1. The fourth-order valence-electron chi connectivity index (χ4n) is 5.32. The molecule has 2 atom stereocenters. The van der Waals surface area contributed by atoms with Crippen LogP contribution in [-0.4, -0.2) is 94.0 Å². The number of pyridine rings is 1. The molecule has 2 saturated heterocycles. The topological polar surface area (TPSA) is 167 Å². The average molecular weight is 625 g/mol. The largest absolute Gasteiger partial charge is 0.506 e. The minimum Gasteiger partial charge on any atom is -0.506 e. The highest BCUT2D eigenvalue weighted by Crippen LogP contribution is 2.39. The molecule has 1 aromatic heterocycles. The van der Waals surface area contributed by atoms with Crippen LogP contribution in [0.4, 0.5) is 4.39 Å². The van der Waals surface area contributed by atoms with Gasteiger partial charge in [0, 0.05) is 43.2 Å². The number of rotatable bonds is 10. The van der Waals surface area contributed by atoms with Gasteiger partial charge in [-0.15, -0.1) is 0 Å². The van der Waals surface area contributed by atoms with Crippen LogP contribution in [0.5, 0.6) is 11.5 Å². The number of aromatic hydroxyl groups is 1. The van der Waals surface area contributed by atoms with E-state index in [4.69, 9.17) is 9.47 Å². The van der Waals surface area contributed by atoms with E-state index in [9.17, 15) is 31.4 Å². The average Bonchev–Trinajstić information content (AvgIpc) is 3.37. The summed E-state index contributed by atoms with van der Waals surface area (Å²) in [5.41, 5.74) is -0.348. The van der Waals surface area contributed by atoms with E-state index in [-0.39, 0.29) is 53.0 Å². The Morgan fingerprint density at radius 1 is 1.19 bits per heavy atom. The third-order valence-electron chi connectivity index (χ3n) is 7.70. The van der Waals surface area contributed by atoms with Crippen molar-refractivity contribution in [1.82, 2.24) is 19.3 Å². The standard InChI is InChI=1S/C27H33FN4O8S2/c1-29-41(35,36)22-4-2-3-21(12-22)39-17-20(33)14-30-19-13-27(40-16-19)7-9-32(10-8-27)42(37,38)25-15-31-24-11-18(28)5-6-23(24)26(25)34/h2-6,11-12,15,19-20,29-30,33H,7-10,13-14,16-17H2,1H3,(H,31,34)/t19-,20+/m1/s1. The summed E-state index contributed by atoms with van der Waals surface area (Å²) in [5, 5.41) is 24.5. The van der Waals surface area contributed by atoms with E-state index in [1.807, 2.05) is 0 Å². The number of aliphatic hydroxyl groups is 1. The summed E-state index contributed by atoms with van der Waals surface area (Å²) in [6, 6.07) is 9.50. The summed E-state index contributed by atoms with van der Waals surface area (Å²) in [6.07, 6.45) is 1.73. The first kappa shape index (κ1) is 30.5. The zero-order valence-electron chi connectivity index (χ0n) is 22.9. The summed E-state index contributed by atoms with van der Waals surface area (Å²) in [7, 11) is -6.34. The van der Waals surface area contributed by atoms with Crippen LogP contribution in [0, 0.1) is 5.82 Å². The second kappa shape index (κ2) is 12.0. The SMILES string of the molecule is CNS(=O)(=O)c1cccc(OC[C@@H](O)CN[C@H]2COC3(CCN(S(=O)(=O)c4cnc5cc(F)ccc5c4O)CC3)C2)c1. The van der Waals surface area contributed by atoms with Crippen molar-refractivity contribution in [3.05, 3.63) is 54.5 Å². The monoisotopic (exact) mass is 624 g/mol. The number of hydrogen-bond donors (Lipinski definition) is 4. The molecule has 0 unspecified atom stereocenters. The zero-order valence-corrected chi connectivity index (χ0v) is 24.5. The van der Waals surface area contributed by atoms with Crippen LogP contribution < -0.4 is 14.8 Å². The van der Waals surface area contributed by atoms with Crippen LogP contribution >= 0.6 is 0 Å². The van der Waals surface area contributed by atoms with E-state index in [0.717, 1.165) is 18.3 Å². The van der Waals surface area contributed by atoms with Crippen molar-refractivity contribution in [2.45, 2.75) is 46.8 Å². The van der Waals surface area contributed by atoms with Gasteiger partial charge in [-0.2, -0.15) is 4.31 Å².